The zero-order valence-corrected chi connectivity index (χ0v) is 20.1. The van der Waals surface area contributed by atoms with Crippen molar-refractivity contribution in [3.8, 4) is 5.75 Å². The van der Waals surface area contributed by atoms with Gasteiger partial charge in [-0.2, -0.15) is 13.2 Å². The van der Waals surface area contributed by atoms with E-state index in [0.29, 0.717) is 16.9 Å². The molecule has 0 radical (unpaired) electrons. The fourth-order valence-corrected chi connectivity index (χ4v) is 4.40. The number of halogens is 3. The second-order valence-corrected chi connectivity index (χ2v) is 8.86. The number of hydrogen-bond acceptors (Lipinski definition) is 4. The van der Waals surface area contributed by atoms with Crippen LogP contribution in [0, 0.1) is 6.92 Å². The van der Waals surface area contributed by atoms with Gasteiger partial charge in [0, 0.05) is 18.5 Å². The fourth-order valence-electron chi connectivity index (χ4n) is 4.40. The number of fused-ring (bicyclic) bond motifs is 1. The quantitative estimate of drug-likeness (QED) is 0.446. The van der Waals surface area contributed by atoms with Gasteiger partial charge in [0.1, 0.15) is 25.0 Å². The smallest absolute Gasteiger partial charge is 0.411 e. The second-order valence-electron chi connectivity index (χ2n) is 8.86. The molecule has 0 bridgehead atoms. The minimum absolute atomic E-state index is 0.0526. The van der Waals surface area contributed by atoms with Gasteiger partial charge in [-0.3, -0.25) is 4.79 Å². The van der Waals surface area contributed by atoms with Gasteiger partial charge >= 0.3 is 12.1 Å². The van der Waals surface area contributed by atoms with Crippen LogP contribution in [0.15, 0.2) is 72.8 Å². The van der Waals surface area contributed by atoms with Crippen molar-refractivity contribution in [3.05, 3.63) is 101 Å². The molecule has 2 atom stereocenters. The van der Waals surface area contributed by atoms with Crippen molar-refractivity contribution in [2.75, 3.05) is 6.61 Å². The molecule has 0 unspecified atom stereocenters. The van der Waals surface area contributed by atoms with Crippen LogP contribution in [0.3, 0.4) is 0 Å². The third-order valence-electron chi connectivity index (χ3n) is 6.20. The van der Waals surface area contributed by atoms with Crippen LogP contribution >= 0.6 is 0 Å². The molecule has 37 heavy (non-hydrogen) atoms. The number of rotatable bonds is 8. The molecule has 3 aromatic rings. The van der Waals surface area contributed by atoms with Crippen LogP contribution in [0.4, 0.5) is 13.2 Å². The van der Waals surface area contributed by atoms with Gasteiger partial charge in [-0.05, 0) is 29.2 Å². The maximum absolute atomic E-state index is 13.5. The monoisotopic (exact) mass is 513 g/mol. The van der Waals surface area contributed by atoms with Gasteiger partial charge in [0.05, 0.1) is 0 Å². The highest BCUT2D eigenvalue weighted by atomic mass is 19.4. The maximum atomic E-state index is 13.5. The Labute approximate surface area is 212 Å². The summed E-state index contributed by atoms with van der Waals surface area (Å²) >= 11 is 0. The number of aliphatic carboxylic acids is 1. The van der Waals surface area contributed by atoms with Crippen LogP contribution in [0.5, 0.6) is 5.75 Å². The molecule has 1 aliphatic rings. The van der Waals surface area contributed by atoms with Gasteiger partial charge in [-0.15, -0.1) is 0 Å². The van der Waals surface area contributed by atoms with Crippen molar-refractivity contribution in [2.24, 2.45) is 0 Å². The first kappa shape index (κ1) is 26.2. The van der Waals surface area contributed by atoms with Gasteiger partial charge in [0.2, 0.25) is 0 Å². The number of carbonyl (C=O) groups is 2. The summed E-state index contributed by atoms with van der Waals surface area (Å²) in [6.45, 7) is 0.382. The Bertz CT molecular complexity index is 1250. The molecule has 0 aromatic heterocycles. The zero-order valence-electron chi connectivity index (χ0n) is 20.1. The third kappa shape index (κ3) is 6.29. The molecule has 6 nitrogen and oxygen atoms in total. The van der Waals surface area contributed by atoms with Crippen LogP contribution in [0.2, 0.25) is 0 Å². The molecule has 1 heterocycles. The third-order valence-corrected chi connectivity index (χ3v) is 6.20. The van der Waals surface area contributed by atoms with Gasteiger partial charge in [-0.1, -0.05) is 72.8 Å². The van der Waals surface area contributed by atoms with E-state index in [9.17, 15) is 27.9 Å². The van der Waals surface area contributed by atoms with Crippen molar-refractivity contribution in [2.45, 2.75) is 44.8 Å². The summed E-state index contributed by atoms with van der Waals surface area (Å²) in [5.41, 5.74) is 3.30. The molecule has 9 heteroatoms. The molecule has 0 fully saturated rings. The Balaban J connectivity index is 1.65. The van der Waals surface area contributed by atoms with Crippen molar-refractivity contribution < 1.29 is 37.3 Å². The Morgan fingerprint density at radius 2 is 1.68 bits per heavy atom. The molecule has 0 saturated heterocycles. The van der Waals surface area contributed by atoms with E-state index in [1.807, 2.05) is 43.3 Å². The minimum Gasteiger partial charge on any atom is -0.488 e. The van der Waals surface area contributed by atoms with Gasteiger partial charge in [-0.25, -0.2) is 4.79 Å². The Kier molecular flexibility index (Phi) is 7.83. The van der Waals surface area contributed by atoms with E-state index in [-0.39, 0.29) is 25.1 Å². The van der Waals surface area contributed by atoms with E-state index in [1.165, 1.54) is 12.1 Å². The van der Waals surface area contributed by atoms with Crippen molar-refractivity contribution >= 4 is 11.9 Å². The summed E-state index contributed by atoms with van der Waals surface area (Å²) in [7, 11) is 0. The predicted molar refractivity (Wildman–Crippen MR) is 129 cm³/mol. The van der Waals surface area contributed by atoms with E-state index >= 15 is 0 Å². The highest BCUT2D eigenvalue weighted by molar-refractivity contribution is 5.88. The Morgan fingerprint density at radius 3 is 2.30 bits per heavy atom. The lowest BCUT2D eigenvalue weighted by Gasteiger charge is -2.37. The normalized spacial score (nSPS) is 16.1. The lowest BCUT2D eigenvalue weighted by molar-refractivity contribution is -0.193. The second kappa shape index (κ2) is 11.0. The number of hydrogen-bond donors (Lipinski definition) is 1. The number of carbonyl (C=O) groups excluding carboxylic acids is 1. The molecular formula is C28H26F3NO5. The number of aryl methyl sites for hydroxylation is 1. The fraction of sp³-hybridized carbons (Fsp3) is 0.286. The van der Waals surface area contributed by atoms with Gasteiger partial charge in [0.15, 0.2) is 6.10 Å². The zero-order chi connectivity index (χ0) is 26.6. The predicted octanol–water partition coefficient (Wildman–Crippen LogP) is 5.23. The van der Waals surface area contributed by atoms with E-state index < -0.39 is 36.8 Å². The molecule has 1 aliphatic heterocycles. The Morgan fingerprint density at radius 1 is 1.03 bits per heavy atom. The average Bonchev–Trinajstić information content (AvgIpc) is 2.88. The molecule has 4 rings (SSSR count). The SMILES string of the molecule is Cc1ccc2c(c1OCc1ccccc1)C[C@H](C(=O)O)N(C(=O)[C@H](OCC(F)(F)F)c1ccccc1)C2. The summed E-state index contributed by atoms with van der Waals surface area (Å²) in [4.78, 5) is 26.9. The molecule has 1 amide bonds. The van der Waals surface area contributed by atoms with Crippen molar-refractivity contribution in [3.63, 3.8) is 0 Å². The van der Waals surface area contributed by atoms with E-state index in [1.54, 1.807) is 24.3 Å². The molecule has 0 aliphatic carbocycles. The number of carboxylic acids is 1. The first-order valence-electron chi connectivity index (χ1n) is 11.7. The molecule has 0 saturated carbocycles. The molecule has 1 N–H and O–H groups in total. The summed E-state index contributed by atoms with van der Waals surface area (Å²) in [5.74, 6) is -1.56. The number of benzene rings is 3. The summed E-state index contributed by atoms with van der Waals surface area (Å²) < 4.78 is 50.0. The largest absolute Gasteiger partial charge is 0.488 e. The molecule has 0 spiro atoms. The van der Waals surface area contributed by atoms with Crippen LogP contribution in [0.1, 0.15) is 33.9 Å². The summed E-state index contributed by atoms with van der Waals surface area (Å²) in [6.07, 6.45) is -6.31. The van der Waals surface area contributed by atoms with Crippen LogP contribution in [-0.2, 0) is 33.9 Å². The van der Waals surface area contributed by atoms with Gasteiger partial charge < -0.3 is 19.5 Å². The number of carboxylic acid groups (broad SMARTS) is 1. The van der Waals surface area contributed by atoms with Crippen LogP contribution < -0.4 is 4.74 Å². The number of nitrogens with zero attached hydrogens (tertiary/aromatic N) is 1. The first-order valence-corrected chi connectivity index (χ1v) is 11.7. The Hall–Kier alpha value is -3.85. The average molecular weight is 514 g/mol. The first-order chi connectivity index (χ1) is 17.6. The summed E-state index contributed by atoms with van der Waals surface area (Å²) in [6, 6.07) is 19.6. The number of ether oxygens (including phenoxy) is 2. The van der Waals surface area contributed by atoms with E-state index in [4.69, 9.17) is 9.47 Å². The minimum atomic E-state index is -4.66. The van der Waals surface area contributed by atoms with Crippen molar-refractivity contribution in [1.29, 1.82) is 0 Å². The maximum Gasteiger partial charge on any atom is 0.411 e. The molecule has 3 aromatic carbocycles. The lowest BCUT2D eigenvalue weighted by Crippen LogP contribution is -2.50. The van der Waals surface area contributed by atoms with E-state index in [2.05, 4.69) is 0 Å². The standard InChI is InChI=1S/C28H26F3NO5/c1-18-12-13-21-15-32(26(33)25(37-17-28(29,30)31)20-10-6-3-7-11-20)23(27(34)35)14-22(21)24(18)36-16-19-8-4-2-5-9-19/h2-13,23,25H,14-17H2,1H3,(H,34,35)/t23-,25-/m1/s1. The van der Waals surface area contributed by atoms with Crippen LogP contribution in [-0.4, -0.2) is 40.7 Å². The molecular weight excluding hydrogens is 487 g/mol. The number of alkyl halides is 3. The lowest BCUT2D eigenvalue weighted by atomic mass is 9.90. The van der Waals surface area contributed by atoms with Gasteiger partial charge in [0.25, 0.3) is 5.91 Å². The highest BCUT2D eigenvalue weighted by Gasteiger charge is 2.41. The van der Waals surface area contributed by atoms with E-state index in [0.717, 1.165) is 16.0 Å². The van der Waals surface area contributed by atoms with Crippen molar-refractivity contribution in [1.82, 2.24) is 4.90 Å². The molecule has 194 valence electrons. The summed E-state index contributed by atoms with van der Waals surface area (Å²) in [5, 5.41) is 10.0. The van der Waals surface area contributed by atoms with Crippen LogP contribution in [0.25, 0.3) is 0 Å². The highest BCUT2D eigenvalue weighted by Crippen LogP contribution is 2.36. The topological polar surface area (TPSA) is 76.1 Å². The number of amides is 1.